The normalized spacial score (nSPS) is 10.8. The molecule has 0 saturated heterocycles. The number of aromatic carboxylic acids is 1. The van der Waals surface area contributed by atoms with Crippen LogP contribution in [0, 0.1) is 0 Å². The fraction of sp³-hybridized carbons (Fsp3) is 0.400. The lowest BCUT2D eigenvalue weighted by Crippen LogP contribution is -2.27. The first-order valence-corrected chi connectivity index (χ1v) is 4.83. The number of nitrogens with one attached hydrogen (secondary N) is 1. The number of carbonyl (C=O) groups is 2. The molecule has 0 aliphatic rings. The first kappa shape index (κ1) is 12.9. The van der Waals surface area contributed by atoms with Crippen LogP contribution in [0.15, 0.2) is 12.4 Å². The summed E-state index contributed by atoms with van der Waals surface area (Å²) in [7, 11) is 0. The molecule has 0 unspecified atom stereocenters. The Morgan fingerprint density at radius 3 is 2.41 bits per heavy atom. The molecule has 1 rings (SSSR count). The number of hydrogen-bond donors (Lipinski definition) is 2. The summed E-state index contributed by atoms with van der Waals surface area (Å²) in [4.78, 5) is 22.3. The molecule has 1 aromatic rings. The summed E-state index contributed by atoms with van der Waals surface area (Å²) in [5.74, 6) is -1.20. The minimum Gasteiger partial charge on any atom is -0.478 e. The highest BCUT2D eigenvalue weighted by molar-refractivity contribution is 5.98. The average Bonchev–Trinajstić information content (AvgIpc) is 2.14. The van der Waals surface area contributed by atoms with E-state index in [0.717, 1.165) is 12.4 Å². The van der Waals surface area contributed by atoms with Gasteiger partial charge in [-0.3, -0.25) is 5.32 Å². The molecule has 1 aromatic heterocycles. The zero-order chi connectivity index (χ0) is 13.1. The highest BCUT2D eigenvalue weighted by atomic mass is 16.6. The van der Waals surface area contributed by atoms with Crippen LogP contribution in [0.5, 0.6) is 0 Å². The van der Waals surface area contributed by atoms with Gasteiger partial charge in [0, 0.05) is 0 Å². The molecule has 0 saturated carbocycles. The molecule has 7 heteroatoms. The van der Waals surface area contributed by atoms with Crippen LogP contribution in [-0.2, 0) is 4.74 Å². The van der Waals surface area contributed by atoms with Crippen molar-refractivity contribution in [2.75, 3.05) is 5.32 Å². The average molecular weight is 239 g/mol. The third-order valence-electron chi connectivity index (χ3n) is 1.60. The van der Waals surface area contributed by atoms with Crippen LogP contribution in [0.4, 0.5) is 10.5 Å². The molecule has 1 amide bonds. The van der Waals surface area contributed by atoms with Gasteiger partial charge in [0.1, 0.15) is 11.2 Å². The van der Waals surface area contributed by atoms with Crippen LogP contribution in [0.25, 0.3) is 0 Å². The van der Waals surface area contributed by atoms with Crippen molar-refractivity contribution in [2.24, 2.45) is 0 Å². The smallest absolute Gasteiger partial charge is 0.412 e. The molecule has 1 heterocycles. The lowest BCUT2D eigenvalue weighted by molar-refractivity contribution is 0.0636. The maximum atomic E-state index is 11.4. The third kappa shape index (κ3) is 4.06. The second-order valence-electron chi connectivity index (χ2n) is 4.25. The van der Waals surface area contributed by atoms with Crippen LogP contribution in [0.3, 0.4) is 0 Å². The Hall–Kier alpha value is -2.18. The van der Waals surface area contributed by atoms with Crippen molar-refractivity contribution in [1.82, 2.24) is 10.2 Å². The molecule has 0 spiro atoms. The van der Waals surface area contributed by atoms with Crippen LogP contribution in [-0.4, -0.2) is 33.0 Å². The van der Waals surface area contributed by atoms with E-state index >= 15 is 0 Å². The van der Waals surface area contributed by atoms with Crippen molar-refractivity contribution >= 4 is 17.7 Å². The third-order valence-corrected chi connectivity index (χ3v) is 1.60. The zero-order valence-corrected chi connectivity index (χ0v) is 9.72. The monoisotopic (exact) mass is 239 g/mol. The van der Waals surface area contributed by atoms with Crippen molar-refractivity contribution in [2.45, 2.75) is 26.4 Å². The molecule has 7 nitrogen and oxygen atoms in total. The first-order valence-electron chi connectivity index (χ1n) is 4.83. The number of carboxylic acids is 1. The summed E-state index contributed by atoms with van der Waals surface area (Å²) in [5.41, 5.74) is -0.763. The van der Waals surface area contributed by atoms with Crippen molar-refractivity contribution in [3.05, 3.63) is 18.0 Å². The number of anilines is 1. The number of rotatable bonds is 2. The minimum absolute atomic E-state index is 0.0433. The van der Waals surface area contributed by atoms with Gasteiger partial charge < -0.3 is 9.84 Å². The molecule has 0 radical (unpaired) electrons. The van der Waals surface area contributed by atoms with Gasteiger partial charge in [-0.05, 0) is 20.8 Å². The molecule has 2 N–H and O–H groups in total. The molecular formula is C10H13N3O4. The van der Waals surface area contributed by atoms with Gasteiger partial charge in [0.15, 0.2) is 0 Å². The lowest BCUT2D eigenvalue weighted by Gasteiger charge is -2.19. The van der Waals surface area contributed by atoms with Crippen LogP contribution in [0.1, 0.15) is 31.1 Å². The van der Waals surface area contributed by atoms with Gasteiger partial charge in [-0.2, -0.15) is 10.2 Å². The fourth-order valence-electron chi connectivity index (χ4n) is 1.00. The van der Waals surface area contributed by atoms with Crippen molar-refractivity contribution < 1.29 is 19.4 Å². The number of carboxylic acid groups (broad SMARTS) is 1. The van der Waals surface area contributed by atoms with E-state index < -0.39 is 17.7 Å². The SMILES string of the molecule is CC(C)(C)OC(=O)Nc1cnncc1C(=O)O. The van der Waals surface area contributed by atoms with Gasteiger partial charge in [0.25, 0.3) is 0 Å². The lowest BCUT2D eigenvalue weighted by atomic mass is 10.2. The number of aromatic nitrogens is 2. The van der Waals surface area contributed by atoms with E-state index in [4.69, 9.17) is 9.84 Å². The van der Waals surface area contributed by atoms with Gasteiger partial charge in [0.2, 0.25) is 0 Å². The van der Waals surface area contributed by atoms with E-state index in [2.05, 4.69) is 15.5 Å². The summed E-state index contributed by atoms with van der Waals surface area (Å²) in [6.45, 7) is 5.11. The maximum Gasteiger partial charge on any atom is 0.412 e. The van der Waals surface area contributed by atoms with E-state index in [9.17, 15) is 9.59 Å². The van der Waals surface area contributed by atoms with Crippen LogP contribution < -0.4 is 5.32 Å². The van der Waals surface area contributed by atoms with Crippen molar-refractivity contribution in [3.8, 4) is 0 Å². The zero-order valence-electron chi connectivity index (χ0n) is 9.72. The van der Waals surface area contributed by atoms with Gasteiger partial charge in [-0.1, -0.05) is 0 Å². The van der Waals surface area contributed by atoms with E-state index in [1.807, 2.05) is 0 Å². The molecule has 0 aliphatic heterocycles. The minimum atomic E-state index is -1.20. The number of hydrogen-bond acceptors (Lipinski definition) is 5. The largest absolute Gasteiger partial charge is 0.478 e. The molecule has 17 heavy (non-hydrogen) atoms. The highest BCUT2D eigenvalue weighted by Crippen LogP contribution is 2.14. The summed E-state index contributed by atoms with van der Waals surface area (Å²) in [6.07, 6.45) is 1.45. The maximum absolute atomic E-state index is 11.4. The Balaban J connectivity index is 2.82. The number of amides is 1. The quantitative estimate of drug-likeness (QED) is 0.811. The van der Waals surface area contributed by atoms with Gasteiger partial charge in [0.05, 0.1) is 18.1 Å². The Labute approximate surface area is 97.8 Å². The van der Waals surface area contributed by atoms with Crippen LogP contribution >= 0.6 is 0 Å². The van der Waals surface area contributed by atoms with E-state index in [1.54, 1.807) is 20.8 Å². The predicted molar refractivity (Wildman–Crippen MR) is 58.8 cm³/mol. The van der Waals surface area contributed by atoms with E-state index in [-0.39, 0.29) is 11.3 Å². The fourth-order valence-corrected chi connectivity index (χ4v) is 1.00. The topological polar surface area (TPSA) is 101 Å². The summed E-state index contributed by atoms with van der Waals surface area (Å²) in [6, 6.07) is 0. The molecule has 0 aliphatic carbocycles. The van der Waals surface area contributed by atoms with Crippen molar-refractivity contribution in [3.63, 3.8) is 0 Å². The molecule has 0 aromatic carbocycles. The molecular weight excluding hydrogens is 226 g/mol. The molecule has 0 bridgehead atoms. The Morgan fingerprint density at radius 1 is 1.29 bits per heavy atom. The van der Waals surface area contributed by atoms with Gasteiger partial charge in [-0.15, -0.1) is 0 Å². The Kier molecular flexibility index (Phi) is 3.62. The Bertz CT molecular complexity index is 439. The Morgan fingerprint density at radius 2 is 1.88 bits per heavy atom. The number of carbonyl (C=O) groups excluding carboxylic acids is 1. The summed E-state index contributed by atoms with van der Waals surface area (Å²) in [5, 5.41) is 18.1. The van der Waals surface area contributed by atoms with Gasteiger partial charge in [-0.25, -0.2) is 9.59 Å². The number of nitrogens with zero attached hydrogens (tertiary/aromatic N) is 2. The molecule has 0 fully saturated rings. The summed E-state index contributed by atoms with van der Waals surface area (Å²) >= 11 is 0. The highest BCUT2D eigenvalue weighted by Gasteiger charge is 2.18. The second-order valence-corrected chi connectivity index (χ2v) is 4.25. The standard InChI is InChI=1S/C10H13N3O4/c1-10(2,3)17-9(16)13-7-5-12-11-4-6(7)8(14)15/h4-5H,1-3H3,(H,14,15)(H,11,13,16). The van der Waals surface area contributed by atoms with E-state index in [0.29, 0.717) is 0 Å². The van der Waals surface area contributed by atoms with Crippen LogP contribution in [0.2, 0.25) is 0 Å². The summed E-state index contributed by atoms with van der Waals surface area (Å²) < 4.78 is 4.99. The van der Waals surface area contributed by atoms with Gasteiger partial charge >= 0.3 is 12.1 Å². The predicted octanol–water partition coefficient (Wildman–Crippen LogP) is 1.52. The first-order chi connectivity index (χ1) is 7.79. The molecule has 92 valence electrons. The van der Waals surface area contributed by atoms with E-state index in [1.165, 1.54) is 0 Å². The van der Waals surface area contributed by atoms with Crippen molar-refractivity contribution in [1.29, 1.82) is 0 Å². The molecule has 0 atom stereocenters. The second kappa shape index (κ2) is 4.77. The number of ether oxygens (including phenoxy) is 1.